The minimum Gasteiger partial charge on any atom is -0.370 e. The number of rotatable bonds is 1. The Hall–Kier alpha value is -1.10. The maximum Gasteiger partial charge on any atom is 0.194 e. The van der Waals surface area contributed by atoms with Crippen molar-refractivity contribution in [3.8, 4) is 0 Å². The number of nitrogens with zero attached hydrogens (tertiary/aromatic N) is 2. The molecule has 1 aromatic rings. The van der Waals surface area contributed by atoms with Crippen LogP contribution in [0.2, 0.25) is 0 Å². The summed E-state index contributed by atoms with van der Waals surface area (Å²) in [7, 11) is 1.71. The van der Waals surface area contributed by atoms with E-state index in [2.05, 4.69) is 4.98 Å². The standard InChI is InChI=1S/C5H8N4S/c1-9(4(6)7)5-8-2-3-10-5/h2-3H,1H3,(H3,6,7). The normalized spacial score (nSPS) is 9.30. The SMILES string of the molecule is CN(C(=N)N)c1nccs1. The van der Waals surface area contributed by atoms with Gasteiger partial charge in [0.1, 0.15) is 0 Å². The van der Waals surface area contributed by atoms with Gasteiger partial charge in [-0.1, -0.05) is 0 Å². The third-order valence-electron chi connectivity index (χ3n) is 1.07. The van der Waals surface area contributed by atoms with Gasteiger partial charge in [0.05, 0.1) is 0 Å². The predicted molar refractivity (Wildman–Crippen MR) is 42.4 cm³/mol. The van der Waals surface area contributed by atoms with Crippen LogP contribution in [0.5, 0.6) is 0 Å². The highest BCUT2D eigenvalue weighted by atomic mass is 32.1. The van der Waals surface area contributed by atoms with E-state index >= 15 is 0 Å². The van der Waals surface area contributed by atoms with Crippen molar-refractivity contribution < 1.29 is 0 Å². The predicted octanol–water partition coefficient (Wildman–Crippen LogP) is 0.473. The van der Waals surface area contributed by atoms with Crippen LogP contribution in [0.4, 0.5) is 5.13 Å². The Morgan fingerprint density at radius 2 is 2.60 bits per heavy atom. The first kappa shape index (κ1) is 7.01. The molecule has 4 nitrogen and oxygen atoms in total. The van der Waals surface area contributed by atoms with Crippen LogP contribution in [0.1, 0.15) is 0 Å². The molecule has 0 atom stereocenters. The van der Waals surface area contributed by atoms with Crippen LogP contribution < -0.4 is 10.6 Å². The first-order chi connectivity index (χ1) is 4.72. The quantitative estimate of drug-likeness (QED) is 0.459. The topological polar surface area (TPSA) is 66.0 Å². The molecular weight excluding hydrogens is 148 g/mol. The van der Waals surface area contributed by atoms with Crippen LogP contribution in [0.3, 0.4) is 0 Å². The molecule has 54 valence electrons. The van der Waals surface area contributed by atoms with E-state index in [0.29, 0.717) is 0 Å². The van der Waals surface area contributed by atoms with Gasteiger partial charge in [0.25, 0.3) is 0 Å². The molecule has 0 aliphatic carbocycles. The highest BCUT2D eigenvalue weighted by molar-refractivity contribution is 7.13. The summed E-state index contributed by atoms with van der Waals surface area (Å²) in [5, 5.41) is 9.63. The van der Waals surface area contributed by atoms with Gasteiger partial charge in [0.15, 0.2) is 11.1 Å². The summed E-state index contributed by atoms with van der Waals surface area (Å²) in [6, 6.07) is 0. The number of aromatic nitrogens is 1. The van der Waals surface area contributed by atoms with E-state index in [1.54, 1.807) is 13.2 Å². The molecule has 0 amide bonds. The fourth-order valence-electron chi connectivity index (χ4n) is 0.485. The fraction of sp³-hybridized carbons (Fsp3) is 0.200. The first-order valence-corrected chi connectivity index (χ1v) is 3.57. The number of nitrogens with one attached hydrogen (secondary N) is 1. The summed E-state index contributed by atoms with van der Waals surface area (Å²) in [6.07, 6.45) is 1.68. The molecule has 0 aliphatic heterocycles. The van der Waals surface area contributed by atoms with Crippen molar-refractivity contribution in [1.29, 1.82) is 5.41 Å². The second-order valence-electron chi connectivity index (χ2n) is 1.76. The zero-order valence-corrected chi connectivity index (χ0v) is 6.35. The smallest absolute Gasteiger partial charge is 0.194 e. The molecule has 1 aromatic heterocycles. The molecule has 1 rings (SSSR count). The summed E-state index contributed by atoms with van der Waals surface area (Å²) < 4.78 is 0. The Balaban J connectivity index is 2.77. The molecule has 3 N–H and O–H groups in total. The minimum absolute atomic E-state index is 0.00921. The van der Waals surface area contributed by atoms with Crippen molar-refractivity contribution >= 4 is 22.4 Å². The van der Waals surface area contributed by atoms with Gasteiger partial charge in [-0.25, -0.2) is 4.98 Å². The van der Waals surface area contributed by atoms with Crippen LogP contribution in [0.15, 0.2) is 11.6 Å². The monoisotopic (exact) mass is 156 g/mol. The number of hydrogen-bond acceptors (Lipinski definition) is 3. The third-order valence-corrected chi connectivity index (χ3v) is 1.92. The van der Waals surface area contributed by atoms with Crippen LogP contribution >= 0.6 is 11.3 Å². The largest absolute Gasteiger partial charge is 0.370 e. The van der Waals surface area contributed by atoms with E-state index in [9.17, 15) is 0 Å². The van der Waals surface area contributed by atoms with E-state index in [-0.39, 0.29) is 5.96 Å². The zero-order chi connectivity index (χ0) is 7.56. The Morgan fingerprint density at radius 1 is 1.90 bits per heavy atom. The number of anilines is 1. The average Bonchev–Trinajstić information content (AvgIpc) is 2.36. The molecular formula is C5H8N4S. The molecule has 0 fully saturated rings. The zero-order valence-electron chi connectivity index (χ0n) is 5.53. The van der Waals surface area contributed by atoms with Gasteiger partial charge in [-0.05, 0) is 0 Å². The molecule has 0 saturated carbocycles. The second-order valence-corrected chi connectivity index (χ2v) is 2.63. The van der Waals surface area contributed by atoms with Crippen LogP contribution in [-0.4, -0.2) is 18.0 Å². The molecule has 1 heterocycles. The molecule has 0 radical (unpaired) electrons. The highest BCUT2D eigenvalue weighted by Gasteiger charge is 2.03. The Morgan fingerprint density at radius 3 is 3.00 bits per heavy atom. The van der Waals surface area contributed by atoms with Gasteiger partial charge < -0.3 is 5.73 Å². The van der Waals surface area contributed by atoms with Gasteiger partial charge in [-0.2, -0.15) is 0 Å². The summed E-state index contributed by atoms with van der Waals surface area (Å²) >= 11 is 1.45. The Labute approximate surface area is 62.8 Å². The Bertz CT molecular complexity index is 218. The molecule has 5 heteroatoms. The van der Waals surface area contributed by atoms with Gasteiger partial charge >= 0.3 is 0 Å². The van der Waals surface area contributed by atoms with Crippen molar-refractivity contribution in [3.05, 3.63) is 11.6 Å². The van der Waals surface area contributed by atoms with E-state index < -0.39 is 0 Å². The van der Waals surface area contributed by atoms with E-state index in [1.165, 1.54) is 16.2 Å². The van der Waals surface area contributed by atoms with Gasteiger partial charge in [-0.15, -0.1) is 11.3 Å². The summed E-state index contributed by atoms with van der Waals surface area (Å²) in [4.78, 5) is 5.48. The van der Waals surface area contributed by atoms with Crippen molar-refractivity contribution in [1.82, 2.24) is 4.98 Å². The molecule has 0 bridgehead atoms. The van der Waals surface area contributed by atoms with Gasteiger partial charge in [0, 0.05) is 18.6 Å². The van der Waals surface area contributed by atoms with Crippen LogP contribution in [0.25, 0.3) is 0 Å². The number of thiazole rings is 1. The van der Waals surface area contributed by atoms with Crippen LogP contribution in [-0.2, 0) is 0 Å². The summed E-state index contributed by atoms with van der Waals surface area (Å²) in [6.45, 7) is 0. The summed E-state index contributed by atoms with van der Waals surface area (Å²) in [5.41, 5.74) is 5.20. The van der Waals surface area contributed by atoms with Gasteiger partial charge in [0.2, 0.25) is 0 Å². The highest BCUT2D eigenvalue weighted by Crippen LogP contribution is 2.13. The van der Waals surface area contributed by atoms with Crippen molar-refractivity contribution in [2.45, 2.75) is 0 Å². The summed E-state index contributed by atoms with van der Waals surface area (Å²) in [5.74, 6) is 0.00921. The molecule has 0 unspecified atom stereocenters. The van der Waals surface area contributed by atoms with Crippen molar-refractivity contribution in [3.63, 3.8) is 0 Å². The molecule has 0 spiro atoms. The molecule has 0 aromatic carbocycles. The lowest BCUT2D eigenvalue weighted by Crippen LogP contribution is -2.32. The van der Waals surface area contributed by atoms with E-state index in [1.807, 2.05) is 5.38 Å². The fourth-order valence-corrected chi connectivity index (χ4v) is 1.11. The minimum atomic E-state index is 0.00921. The van der Waals surface area contributed by atoms with E-state index in [4.69, 9.17) is 11.1 Å². The third kappa shape index (κ3) is 1.24. The van der Waals surface area contributed by atoms with Crippen LogP contribution in [0, 0.1) is 5.41 Å². The van der Waals surface area contributed by atoms with E-state index in [0.717, 1.165) is 5.13 Å². The second kappa shape index (κ2) is 2.66. The Kier molecular flexibility index (Phi) is 1.86. The number of hydrogen-bond donors (Lipinski definition) is 2. The number of guanidine groups is 1. The first-order valence-electron chi connectivity index (χ1n) is 2.69. The lowest BCUT2D eigenvalue weighted by Gasteiger charge is -2.11. The maximum atomic E-state index is 7.05. The van der Waals surface area contributed by atoms with Crippen molar-refractivity contribution in [2.24, 2.45) is 5.73 Å². The maximum absolute atomic E-state index is 7.05. The molecule has 10 heavy (non-hydrogen) atoms. The molecule has 0 saturated heterocycles. The number of nitrogens with two attached hydrogens (primary N) is 1. The van der Waals surface area contributed by atoms with Gasteiger partial charge in [-0.3, -0.25) is 10.3 Å². The molecule has 0 aliphatic rings. The van der Waals surface area contributed by atoms with Crippen molar-refractivity contribution in [2.75, 3.05) is 11.9 Å². The lowest BCUT2D eigenvalue weighted by molar-refractivity contribution is 1.17. The average molecular weight is 156 g/mol. The lowest BCUT2D eigenvalue weighted by atomic mass is 10.8.